The Bertz CT molecular complexity index is 587. The third-order valence-corrected chi connectivity index (χ3v) is 2.47. The molecule has 1 aromatic carbocycles. The van der Waals surface area contributed by atoms with Gasteiger partial charge in [-0.05, 0) is 30.3 Å². The van der Waals surface area contributed by atoms with E-state index in [-0.39, 0.29) is 0 Å². The molecule has 0 spiro atoms. The van der Waals surface area contributed by atoms with Crippen LogP contribution in [0.15, 0.2) is 47.8 Å². The molecule has 2 aromatic rings. The SMILES string of the molecule is COc1ccc(-n2ccc(/C=N\NC(N)=O)c2)cc1. The highest BCUT2D eigenvalue weighted by Crippen LogP contribution is 2.15. The summed E-state index contributed by atoms with van der Waals surface area (Å²) in [5, 5.41) is 3.69. The van der Waals surface area contributed by atoms with Crippen molar-refractivity contribution >= 4 is 12.2 Å². The molecule has 6 heteroatoms. The van der Waals surface area contributed by atoms with Gasteiger partial charge in [-0.25, -0.2) is 10.2 Å². The van der Waals surface area contributed by atoms with Gasteiger partial charge in [0.1, 0.15) is 5.75 Å². The largest absolute Gasteiger partial charge is 0.497 e. The fourth-order valence-corrected chi connectivity index (χ4v) is 1.57. The van der Waals surface area contributed by atoms with Crippen LogP contribution in [0, 0.1) is 0 Å². The number of carbonyl (C=O) groups excluding carboxylic acids is 1. The molecule has 6 nitrogen and oxygen atoms in total. The van der Waals surface area contributed by atoms with E-state index in [4.69, 9.17) is 10.5 Å². The second kappa shape index (κ2) is 5.72. The lowest BCUT2D eigenvalue weighted by molar-refractivity contribution is 0.249. The molecule has 98 valence electrons. The molecule has 0 aliphatic heterocycles. The lowest BCUT2D eigenvalue weighted by Gasteiger charge is -2.04. The number of nitrogens with two attached hydrogens (primary N) is 1. The van der Waals surface area contributed by atoms with Gasteiger partial charge < -0.3 is 15.0 Å². The highest BCUT2D eigenvalue weighted by molar-refractivity contribution is 5.81. The number of ether oxygens (including phenoxy) is 1. The first-order chi connectivity index (χ1) is 9.19. The highest BCUT2D eigenvalue weighted by Gasteiger charge is 1.98. The number of methoxy groups -OCH3 is 1. The maximum absolute atomic E-state index is 10.5. The quantitative estimate of drug-likeness (QED) is 0.643. The second-order valence-electron chi connectivity index (χ2n) is 3.78. The smallest absolute Gasteiger partial charge is 0.332 e. The van der Waals surface area contributed by atoms with Crippen LogP contribution in [0.1, 0.15) is 5.56 Å². The minimum atomic E-state index is -0.689. The molecule has 1 aromatic heterocycles. The number of nitrogens with one attached hydrogen (secondary N) is 1. The van der Waals surface area contributed by atoms with Crippen LogP contribution in [0.4, 0.5) is 4.79 Å². The maximum Gasteiger partial charge on any atom is 0.332 e. The zero-order valence-corrected chi connectivity index (χ0v) is 10.4. The highest BCUT2D eigenvalue weighted by atomic mass is 16.5. The predicted molar refractivity (Wildman–Crippen MR) is 72.6 cm³/mol. The third kappa shape index (κ3) is 3.35. The monoisotopic (exact) mass is 258 g/mol. The van der Waals surface area contributed by atoms with Crippen molar-refractivity contribution in [3.8, 4) is 11.4 Å². The van der Waals surface area contributed by atoms with E-state index < -0.39 is 6.03 Å². The second-order valence-corrected chi connectivity index (χ2v) is 3.78. The molecular formula is C13H14N4O2. The first kappa shape index (κ1) is 12.7. The summed E-state index contributed by atoms with van der Waals surface area (Å²) in [5.41, 5.74) is 8.89. The molecule has 2 rings (SSSR count). The number of carbonyl (C=O) groups is 1. The Hall–Kier alpha value is -2.76. The maximum atomic E-state index is 10.5. The van der Waals surface area contributed by atoms with Crippen molar-refractivity contribution in [1.82, 2.24) is 9.99 Å². The number of hydrogen-bond acceptors (Lipinski definition) is 3. The van der Waals surface area contributed by atoms with Gasteiger partial charge in [-0.1, -0.05) is 0 Å². The summed E-state index contributed by atoms with van der Waals surface area (Å²) in [5.74, 6) is 0.809. The molecular weight excluding hydrogens is 244 g/mol. The Balaban J connectivity index is 2.11. The number of aromatic nitrogens is 1. The summed E-state index contributed by atoms with van der Waals surface area (Å²) in [4.78, 5) is 10.5. The van der Waals surface area contributed by atoms with Crippen LogP contribution in [0.5, 0.6) is 5.75 Å². The van der Waals surface area contributed by atoms with Gasteiger partial charge in [-0.3, -0.25) is 0 Å². The number of hydrogen-bond donors (Lipinski definition) is 2. The first-order valence-corrected chi connectivity index (χ1v) is 5.60. The van der Waals surface area contributed by atoms with E-state index in [0.717, 1.165) is 17.0 Å². The number of hydrazone groups is 1. The van der Waals surface area contributed by atoms with Crippen LogP contribution in [0.2, 0.25) is 0 Å². The summed E-state index contributed by atoms with van der Waals surface area (Å²) < 4.78 is 7.04. The molecule has 2 amide bonds. The molecule has 0 saturated carbocycles. The van der Waals surface area contributed by atoms with E-state index in [2.05, 4.69) is 10.5 Å². The fraction of sp³-hybridized carbons (Fsp3) is 0.0769. The molecule has 0 saturated heterocycles. The van der Waals surface area contributed by atoms with E-state index in [1.807, 2.05) is 47.3 Å². The molecule has 0 fully saturated rings. The van der Waals surface area contributed by atoms with Gasteiger partial charge >= 0.3 is 6.03 Å². The molecule has 19 heavy (non-hydrogen) atoms. The number of rotatable bonds is 4. The number of amides is 2. The average Bonchev–Trinajstić information content (AvgIpc) is 2.87. The molecule has 1 heterocycles. The molecule has 0 bridgehead atoms. The number of benzene rings is 1. The number of primary amides is 1. The lowest BCUT2D eigenvalue weighted by Crippen LogP contribution is -2.24. The molecule has 0 unspecified atom stereocenters. The van der Waals surface area contributed by atoms with Crippen molar-refractivity contribution in [2.45, 2.75) is 0 Å². The van der Waals surface area contributed by atoms with Gasteiger partial charge in [0, 0.05) is 23.6 Å². The van der Waals surface area contributed by atoms with Crippen molar-refractivity contribution < 1.29 is 9.53 Å². The predicted octanol–water partition coefficient (Wildman–Crippen LogP) is 1.49. The summed E-state index contributed by atoms with van der Waals surface area (Å²) in [6, 6.07) is 8.85. The van der Waals surface area contributed by atoms with E-state index in [9.17, 15) is 4.79 Å². The van der Waals surface area contributed by atoms with Crippen LogP contribution >= 0.6 is 0 Å². The average molecular weight is 258 g/mol. The van der Waals surface area contributed by atoms with Gasteiger partial charge in [0.05, 0.1) is 13.3 Å². The Kier molecular flexibility index (Phi) is 3.82. The van der Waals surface area contributed by atoms with E-state index in [1.54, 1.807) is 7.11 Å². The van der Waals surface area contributed by atoms with E-state index in [0.29, 0.717) is 0 Å². The van der Waals surface area contributed by atoms with Crippen LogP contribution in [-0.4, -0.2) is 23.9 Å². The topological polar surface area (TPSA) is 81.6 Å². The van der Waals surface area contributed by atoms with Gasteiger partial charge in [-0.2, -0.15) is 5.10 Å². The van der Waals surface area contributed by atoms with Crippen molar-refractivity contribution in [2.75, 3.05) is 7.11 Å². The van der Waals surface area contributed by atoms with E-state index >= 15 is 0 Å². The first-order valence-electron chi connectivity index (χ1n) is 5.60. The van der Waals surface area contributed by atoms with Gasteiger partial charge in [-0.15, -0.1) is 0 Å². The fourth-order valence-electron chi connectivity index (χ4n) is 1.57. The van der Waals surface area contributed by atoms with Crippen LogP contribution in [0.3, 0.4) is 0 Å². The molecule has 0 aliphatic carbocycles. The van der Waals surface area contributed by atoms with Crippen molar-refractivity contribution in [3.63, 3.8) is 0 Å². The van der Waals surface area contributed by atoms with Crippen LogP contribution < -0.4 is 15.9 Å². The molecule has 0 radical (unpaired) electrons. The van der Waals surface area contributed by atoms with Crippen molar-refractivity contribution in [1.29, 1.82) is 0 Å². The summed E-state index contributed by atoms with van der Waals surface area (Å²) in [7, 11) is 1.63. The van der Waals surface area contributed by atoms with Gasteiger partial charge in [0.15, 0.2) is 0 Å². The molecule has 0 atom stereocenters. The van der Waals surface area contributed by atoms with Crippen molar-refractivity contribution in [3.05, 3.63) is 48.3 Å². The third-order valence-electron chi connectivity index (χ3n) is 2.47. The zero-order chi connectivity index (χ0) is 13.7. The Morgan fingerprint density at radius 3 is 2.74 bits per heavy atom. The van der Waals surface area contributed by atoms with Gasteiger partial charge in [0.2, 0.25) is 0 Å². The summed E-state index contributed by atoms with van der Waals surface area (Å²) in [6.45, 7) is 0. The normalized spacial score (nSPS) is 10.6. The molecule has 3 N–H and O–H groups in total. The van der Waals surface area contributed by atoms with Gasteiger partial charge in [0.25, 0.3) is 0 Å². The summed E-state index contributed by atoms with van der Waals surface area (Å²) in [6.07, 6.45) is 5.30. The van der Waals surface area contributed by atoms with E-state index in [1.165, 1.54) is 6.21 Å². The number of urea groups is 1. The van der Waals surface area contributed by atoms with Crippen molar-refractivity contribution in [2.24, 2.45) is 10.8 Å². The Labute approximate surface area is 110 Å². The zero-order valence-electron chi connectivity index (χ0n) is 10.4. The van der Waals surface area contributed by atoms with Crippen LogP contribution in [0.25, 0.3) is 5.69 Å². The Morgan fingerprint density at radius 1 is 1.37 bits per heavy atom. The Morgan fingerprint density at radius 2 is 2.11 bits per heavy atom. The minimum absolute atomic E-state index is 0.689. The lowest BCUT2D eigenvalue weighted by atomic mass is 10.3. The standard InChI is InChI=1S/C13H14N4O2/c1-19-12-4-2-11(3-5-12)17-7-6-10(9-17)8-15-16-13(14)18/h2-9H,1H3,(H3,14,16,18)/b15-8-. The van der Waals surface area contributed by atoms with Crippen LogP contribution in [-0.2, 0) is 0 Å². The minimum Gasteiger partial charge on any atom is -0.497 e. The summed E-state index contributed by atoms with van der Waals surface area (Å²) >= 11 is 0. The number of nitrogens with zero attached hydrogens (tertiary/aromatic N) is 2. The molecule has 0 aliphatic rings.